The largest absolute Gasteiger partial charge is 0.478 e. The van der Waals surface area contributed by atoms with E-state index in [2.05, 4.69) is 11.8 Å². The van der Waals surface area contributed by atoms with E-state index in [0.29, 0.717) is 6.42 Å². The lowest BCUT2D eigenvalue weighted by Crippen LogP contribution is -2.41. The summed E-state index contributed by atoms with van der Waals surface area (Å²) in [6.07, 6.45) is 11.3. The third-order valence-electron chi connectivity index (χ3n) is 6.74. The summed E-state index contributed by atoms with van der Waals surface area (Å²) in [6.45, 7) is 3.65. The Hall–Kier alpha value is -1.98. The van der Waals surface area contributed by atoms with Crippen LogP contribution in [0.1, 0.15) is 67.8 Å². The number of ketones is 1. The Kier molecular flexibility index (Phi) is 7.25. The molecule has 158 valence electrons. The number of carboxylic acid groups (broad SMARTS) is 1. The molecule has 2 atom stereocenters. The number of benzene rings is 1. The highest BCUT2D eigenvalue weighted by Crippen LogP contribution is 2.48. The lowest BCUT2D eigenvalue weighted by Gasteiger charge is -2.45. The molecule has 3 rings (SSSR count). The molecule has 0 unspecified atom stereocenters. The van der Waals surface area contributed by atoms with E-state index in [1.807, 2.05) is 24.3 Å². The first kappa shape index (κ1) is 21.7. The van der Waals surface area contributed by atoms with Gasteiger partial charge < -0.3 is 10.2 Å². The average Bonchev–Trinajstić information content (AvgIpc) is 3.03. The Morgan fingerprint density at radius 2 is 2.03 bits per heavy atom. The average molecular weight is 400 g/mol. The zero-order chi connectivity index (χ0) is 20.9. The summed E-state index contributed by atoms with van der Waals surface area (Å²) in [6, 6.07) is 6.66. The number of nitrogens with zero attached hydrogens (tertiary/aromatic N) is 1. The van der Waals surface area contributed by atoms with Gasteiger partial charge in [0.15, 0.2) is 5.78 Å². The van der Waals surface area contributed by atoms with Crippen LogP contribution in [0.2, 0.25) is 0 Å². The van der Waals surface area contributed by atoms with Gasteiger partial charge in [0.25, 0.3) is 0 Å². The smallest absolute Gasteiger partial charge is 0.335 e. The molecule has 5 heteroatoms. The quantitative estimate of drug-likeness (QED) is 0.585. The molecule has 1 saturated heterocycles. The predicted octanol–water partition coefficient (Wildman–Crippen LogP) is 3.85. The van der Waals surface area contributed by atoms with Gasteiger partial charge in [-0.3, -0.25) is 9.69 Å². The fraction of sp³-hybridized carbons (Fsp3) is 0.583. The van der Waals surface area contributed by atoms with Crippen LogP contribution in [-0.4, -0.2) is 52.1 Å². The van der Waals surface area contributed by atoms with Gasteiger partial charge in [0.2, 0.25) is 0 Å². The normalized spacial score (nSPS) is 22.7. The summed E-state index contributed by atoms with van der Waals surface area (Å²) < 4.78 is 0. The van der Waals surface area contributed by atoms with Crippen molar-refractivity contribution in [1.82, 2.24) is 4.90 Å². The summed E-state index contributed by atoms with van der Waals surface area (Å²) in [5.74, 6) is -0.709. The second-order valence-corrected chi connectivity index (χ2v) is 8.60. The molecule has 1 aromatic carbocycles. The maximum Gasteiger partial charge on any atom is 0.335 e. The first-order valence-electron chi connectivity index (χ1n) is 10.9. The third-order valence-corrected chi connectivity index (χ3v) is 6.74. The molecule has 5 nitrogen and oxygen atoms in total. The van der Waals surface area contributed by atoms with Crippen molar-refractivity contribution in [3.05, 3.63) is 47.5 Å². The minimum atomic E-state index is -0.923. The Balaban J connectivity index is 1.58. The molecule has 1 heterocycles. The summed E-state index contributed by atoms with van der Waals surface area (Å²) >= 11 is 0. The van der Waals surface area contributed by atoms with E-state index in [-0.39, 0.29) is 22.8 Å². The number of aliphatic hydroxyl groups excluding tert-OH is 1. The Morgan fingerprint density at radius 3 is 2.62 bits per heavy atom. The van der Waals surface area contributed by atoms with Crippen molar-refractivity contribution in [2.24, 2.45) is 5.41 Å². The molecule has 0 amide bonds. The van der Waals surface area contributed by atoms with Gasteiger partial charge in [-0.2, -0.15) is 0 Å². The lowest BCUT2D eigenvalue weighted by atomic mass is 9.62. The minimum Gasteiger partial charge on any atom is -0.478 e. The number of carbonyl (C=O) groups excluding carboxylic acids is 1. The topological polar surface area (TPSA) is 77.8 Å². The van der Waals surface area contributed by atoms with Crippen molar-refractivity contribution in [3.63, 3.8) is 0 Å². The van der Waals surface area contributed by atoms with Crippen LogP contribution in [0.25, 0.3) is 0 Å². The Morgan fingerprint density at radius 1 is 1.31 bits per heavy atom. The number of aromatic carboxylic acids is 1. The summed E-state index contributed by atoms with van der Waals surface area (Å²) in [5, 5.41) is 19.8. The van der Waals surface area contributed by atoms with Crippen molar-refractivity contribution in [2.75, 3.05) is 13.1 Å². The van der Waals surface area contributed by atoms with E-state index in [1.165, 1.54) is 6.42 Å². The van der Waals surface area contributed by atoms with Crippen molar-refractivity contribution < 1.29 is 19.8 Å². The van der Waals surface area contributed by atoms with Gasteiger partial charge in [-0.25, -0.2) is 4.79 Å². The molecular weight excluding hydrogens is 366 g/mol. The van der Waals surface area contributed by atoms with Crippen LogP contribution in [0.15, 0.2) is 36.4 Å². The van der Waals surface area contributed by atoms with Crippen molar-refractivity contribution in [2.45, 2.75) is 70.4 Å². The van der Waals surface area contributed by atoms with Gasteiger partial charge in [-0.15, -0.1) is 0 Å². The van der Waals surface area contributed by atoms with Crippen LogP contribution >= 0.6 is 0 Å². The number of carboxylic acids is 1. The number of rotatable bonds is 10. The maximum atomic E-state index is 12.4. The molecule has 1 aliphatic carbocycles. The Labute approximate surface area is 173 Å². The number of hydrogen-bond acceptors (Lipinski definition) is 4. The number of aliphatic hydroxyl groups is 1. The Bertz CT molecular complexity index is 736. The molecular formula is C24H33NO4. The number of carbonyl (C=O) groups is 2. The van der Waals surface area contributed by atoms with Crippen LogP contribution in [0, 0.1) is 5.41 Å². The summed E-state index contributed by atoms with van der Waals surface area (Å²) in [7, 11) is 0. The highest BCUT2D eigenvalue weighted by molar-refractivity contribution is 5.88. The molecule has 1 saturated carbocycles. The molecule has 1 aromatic rings. The van der Waals surface area contributed by atoms with Crippen LogP contribution in [0.5, 0.6) is 0 Å². The van der Waals surface area contributed by atoms with E-state index < -0.39 is 12.1 Å². The van der Waals surface area contributed by atoms with Crippen LogP contribution in [-0.2, 0) is 11.2 Å². The number of unbranched alkanes of at least 4 members (excludes halogenated alkanes) is 1. The van der Waals surface area contributed by atoms with E-state index in [1.54, 1.807) is 12.1 Å². The first-order valence-corrected chi connectivity index (χ1v) is 10.9. The van der Waals surface area contributed by atoms with Gasteiger partial charge in [0.1, 0.15) is 0 Å². The van der Waals surface area contributed by atoms with Gasteiger partial charge in [-0.05, 0) is 48.8 Å². The number of hydrogen-bond donors (Lipinski definition) is 2. The molecule has 2 fully saturated rings. The van der Waals surface area contributed by atoms with Gasteiger partial charge in [0.05, 0.1) is 17.7 Å². The highest BCUT2D eigenvalue weighted by Gasteiger charge is 2.41. The van der Waals surface area contributed by atoms with Gasteiger partial charge in [-0.1, -0.05) is 50.5 Å². The molecule has 0 radical (unpaired) electrons. The van der Waals surface area contributed by atoms with E-state index >= 15 is 0 Å². The van der Waals surface area contributed by atoms with Crippen molar-refractivity contribution >= 4 is 11.8 Å². The van der Waals surface area contributed by atoms with Crippen LogP contribution < -0.4 is 0 Å². The first-order chi connectivity index (χ1) is 13.9. The molecule has 2 N–H and O–H groups in total. The second-order valence-electron chi connectivity index (χ2n) is 8.60. The molecule has 1 aliphatic heterocycles. The molecule has 29 heavy (non-hydrogen) atoms. The standard InChI is InChI=1S/C24H33NO4/c1-2-3-13-24(14-4-15-24)22(27)10-9-20-21(26)12-17-25(20)16-11-18-5-7-19(8-6-18)23(28)29/h5-10,20,22,27H,2-4,11-17H2,1H3,(H,28,29)/t20-,22-/m1/s1. The van der Waals surface area contributed by atoms with Crippen LogP contribution in [0.3, 0.4) is 0 Å². The fourth-order valence-electron chi connectivity index (χ4n) is 4.58. The zero-order valence-corrected chi connectivity index (χ0v) is 17.3. The predicted molar refractivity (Wildman–Crippen MR) is 113 cm³/mol. The SMILES string of the molecule is CCCCC1([C@H](O)C=C[C@@H]2C(=O)CCN2CCc2ccc(C(=O)O)cc2)CCC1. The summed E-state index contributed by atoms with van der Waals surface area (Å²) in [5.41, 5.74) is 1.36. The maximum absolute atomic E-state index is 12.4. The lowest BCUT2D eigenvalue weighted by molar-refractivity contribution is -0.118. The van der Waals surface area contributed by atoms with Crippen LogP contribution in [0.4, 0.5) is 0 Å². The minimum absolute atomic E-state index is 0.0187. The highest BCUT2D eigenvalue weighted by atomic mass is 16.4. The molecule has 0 bridgehead atoms. The third kappa shape index (κ3) is 5.14. The van der Waals surface area contributed by atoms with E-state index in [9.17, 15) is 14.7 Å². The monoisotopic (exact) mass is 399 g/mol. The molecule has 0 aromatic heterocycles. The zero-order valence-electron chi connectivity index (χ0n) is 17.3. The van der Waals surface area contributed by atoms with Crippen molar-refractivity contribution in [1.29, 1.82) is 0 Å². The number of likely N-dealkylation sites (tertiary alicyclic amines) is 1. The fourth-order valence-corrected chi connectivity index (χ4v) is 4.58. The van der Waals surface area contributed by atoms with Crippen molar-refractivity contribution in [3.8, 4) is 0 Å². The molecule has 0 spiro atoms. The molecule has 2 aliphatic rings. The van der Waals surface area contributed by atoms with E-state index in [4.69, 9.17) is 5.11 Å². The van der Waals surface area contributed by atoms with E-state index in [0.717, 1.165) is 57.2 Å². The van der Waals surface area contributed by atoms with Gasteiger partial charge >= 0.3 is 5.97 Å². The summed E-state index contributed by atoms with van der Waals surface area (Å²) in [4.78, 5) is 25.5. The number of Topliss-reactive ketones (excluding diaryl/α,β-unsaturated/α-hetero) is 1. The second kappa shape index (κ2) is 9.68. The van der Waals surface area contributed by atoms with Gasteiger partial charge in [0, 0.05) is 19.5 Å².